The molecule has 1 N–H and O–H groups in total. The molecule has 1 fully saturated rings. The molecular weight excluding hydrogens is 295 g/mol. The molecule has 1 unspecified atom stereocenters. The number of sulfonamides is 1. The Kier molecular flexibility index (Phi) is 5.32. The van der Waals surface area contributed by atoms with Crippen molar-refractivity contribution >= 4 is 10.0 Å². The average Bonchev–Trinajstić information content (AvgIpc) is 2.42. The van der Waals surface area contributed by atoms with Gasteiger partial charge in [0.25, 0.3) is 0 Å². The maximum absolute atomic E-state index is 13.5. The SMILES string of the molecule is Cc1ccc(S(=O)(=O)NC(C)CN2CCOCC2)cc1F. The Morgan fingerprint density at radius 2 is 2.05 bits per heavy atom. The van der Waals surface area contributed by atoms with Crippen molar-refractivity contribution in [2.45, 2.75) is 24.8 Å². The zero-order valence-corrected chi connectivity index (χ0v) is 13.1. The second-order valence-corrected chi connectivity index (χ2v) is 7.06. The van der Waals surface area contributed by atoms with Crippen LogP contribution >= 0.6 is 0 Å². The van der Waals surface area contributed by atoms with Gasteiger partial charge in [-0.05, 0) is 31.5 Å². The number of benzene rings is 1. The Labute approximate surface area is 125 Å². The second kappa shape index (κ2) is 6.83. The minimum atomic E-state index is -3.70. The van der Waals surface area contributed by atoms with Gasteiger partial charge in [-0.1, -0.05) is 6.07 Å². The normalized spacial score (nSPS) is 18.6. The molecule has 5 nitrogen and oxygen atoms in total. The first-order valence-corrected chi connectivity index (χ1v) is 8.45. The molecule has 1 aromatic rings. The lowest BCUT2D eigenvalue weighted by Crippen LogP contribution is -2.45. The Morgan fingerprint density at radius 1 is 1.38 bits per heavy atom. The Balaban J connectivity index is 2.00. The molecule has 1 aliphatic rings. The van der Waals surface area contributed by atoms with E-state index >= 15 is 0 Å². The van der Waals surface area contributed by atoms with Gasteiger partial charge < -0.3 is 4.74 Å². The minimum Gasteiger partial charge on any atom is -0.379 e. The number of aryl methyl sites for hydroxylation is 1. The van der Waals surface area contributed by atoms with Gasteiger partial charge in [0.1, 0.15) is 5.82 Å². The van der Waals surface area contributed by atoms with Crippen LogP contribution < -0.4 is 4.72 Å². The van der Waals surface area contributed by atoms with Crippen molar-refractivity contribution < 1.29 is 17.5 Å². The third-order valence-electron chi connectivity index (χ3n) is 3.45. The summed E-state index contributed by atoms with van der Waals surface area (Å²) >= 11 is 0. The van der Waals surface area contributed by atoms with Gasteiger partial charge in [0, 0.05) is 25.7 Å². The zero-order valence-electron chi connectivity index (χ0n) is 12.3. The lowest BCUT2D eigenvalue weighted by molar-refractivity contribution is 0.0354. The quantitative estimate of drug-likeness (QED) is 0.885. The molecule has 1 aliphatic heterocycles. The fraction of sp³-hybridized carbons (Fsp3) is 0.571. The minimum absolute atomic E-state index is 0.0422. The average molecular weight is 316 g/mol. The van der Waals surface area contributed by atoms with Gasteiger partial charge in [-0.3, -0.25) is 4.90 Å². The number of halogens is 1. The third-order valence-corrected chi connectivity index (χ3v) is 5.03. The van der Waals surface area contributed by atoms with Crippen LogP contribution in [0.25, 0.3) is 0 Å². The van der Waals surface area contributed by atoms with E-state index in [-0.39, 0.29) is 10.9 Å². The lowest BCUT2D eigenvalue weighted by atomic mass is 10.2. The fourth-order valence-electron chi connectivity index (χ4n) is 2.28. The Bertz CT molecular complexity index is 586. The molecule has 2 rings (SSSR count). The summed E-state index contributed by atoms with van der Waals surface area (Å²) in [6, 6.07) is 3.69. The highest BCUT2D eigenvalue weighted by Crippen LogP contribution is 2.14. The number of rotatable bonds is 5. The molecule has 1 heterocycles. The van der Waals surface area contributed by atoms with Gasteiger partial charge in [-0.15, -0.1) is 0 Å². The molecule has 1 aromatic carbocycles. The third kappa shape index (κ3) is 4.47. The van der Waals surface area contributed by atoms with Crippen molar-refractivity contribution in [1.29, 1.82) is 0 Å². The first kappa shape index (κ1) is 16.4. The van der Waals surface area contributed by atoms with Crippen LogP contribution in [0, 0.1) is 12.7 Å². The van der Waals surface area contributed by atoms with Crippen LogP contribution in [0.5, 0.6) is 0 Å². The maximum Gasteiger partial charge on any atom is 0.240 e. The van der Waals surface area contributed by atoms with E-state index in [1.807, 2.05) is 0 Å². The maximum atomic E-state index is 13.5. The smallest absolute Gasteiger partial charge is 0.240 e. The van der Waals surface area contributed by atoms with E-state index in [4.69, 9.17) is 4.74 Å². The lowest BCUT2D eigenvalue weighted by Gasteiger charge is -2.29. The predicted molar refractivity (Wildman–Crippen MR) is 78.2 cm³/mol. The summed E-state index contributed by atoms with van der Waals surface area (Å²) in [5.74, 6) is -0.515. The van der Waals surface area contributed by atoms with Crippen LogP contribution in [0.15, 0.2) is 23.1 Å². The summed E-state index contributed by atoms with van der Waals surface area (Å²) < 4.78 is 45.8. The van der Waals surface area contributed by atoms with Crippen LogP contribution in [0.1, 0.15) is 12.5 Å². The van der Waals surface area contributed by atoms with Crippen LogP contribution in [0.2, 0.25) is 0 Å². The summed E-state index contributed by atoms with van der Waals surface area (Å²) in [5.41, 5.74) is 0.426. The molecule has 7 heteroatoms. The molecule has 0 aromatic heterocycles. The van der Waals surface area contributed by atoms with E-state index in [1.165, 1.54) is 12.1 Å². The van der Waals surface area contributed by atoms with E-state index in [0.29, 0.717) is 25.3 Å². The number of nitrogens with zero attached hydrogens (tertiary/aromatic N) is 1. The van der Waals surface area contributed by atoms with Gasteiger partial charge in [0.05, 0.1) is 18.1 Å². The van der Waals surface area contributed by atoms with Crippen molar-refractivity contribution in [2.24, 2.45) is 0 Å². The monoisotopic (exact) mass is 316 g/mol. The van der Waals surface area contributed by atoms with E-state index in [9.17, 15) is 12.8 Å². The first-order chi connectivity index (χ1) is 9.88. The number of hydrogen-bond acceptors (Lipinski definition) is 4. The van der Waals surface area contributed by atoms with Crippen LogP contribution in [-0.4, -0.2) is 52.2 Å². The van der Waals surface area contributed by atoms with E-state index in [0.717, 1.165) is 19.2 Å². The number of nitrogens with one attached hydrogen (secondary N) is 1. The highest BCUT2D eigenvalue weighted by atomic mass is 32.2. The largest absolute Gasteiger partial charge is 0.379 e. The summed E-state index contributed by atoms with van der Waals surface area (Å²) in [7, 11) is -3.70. The Hall–Kier alpha value is -1.02. The Morgan fingerprint density at radius 3 is 2.67 bits per heavy atom. The summed E-state index contributed by atoms with van der Waals surface area (Å²) in [6.45, 7) is 6.94. The van der Waals surface area contributed by atoms with Crippen molar-refractivity contribution in [3.63, 3.8) is 0 Å². The highest BCUT2D eigenvalue weighted by Gasteiger charge is 2.21. The van der Waals surface area contributed by atoms with E-state index < -0.39 is 15.8 Å². The number of hydrogen-bond donors (Lipinski definition) is 1. The van der Waals surface area contributed by atoms with Gasteiger partial charge in [0.15, 0.2) is 0 Å². The topological polar surface area (TPSA) is 58.6 Å². The van der Waals surface area contributed by atoms with Gasteiger partial charge in [-0.2, -0.15) is 0 Å². The van der Waals surface area contributed by atoms with E-state index in [2.05, 4.69) is 9.62 Å². The van der Waals surface area contributed by atoms with Crippen molar-refractivity contribution in [2.75, 3.05) is 32.8 Å². The molecule has 21 heavy (non-hydrogen) atoms. The first-order valence-electron chi connectivity index (χ1n) is 6.97. The molecule has 118 valence electrons. The highest BCUT2D eigenvalue weighted by molar-refractivity contribution is 7.89. The van der Waals surface area contributed by atoms with E-state index in [1.54, 1.807) is 13.8 Å². The molecule has 0 saturated carbocycles. The van der Waals surface area contributed by atoms with Gasteiger partial charge in [-0.25, -0.2) is 17.5 Å². The van der Waals surface area contributed by atoms with Gasteiger partial charge >= 0.3 is 0 Å². The second-order valence-electron chi connectivity index (χ2n) is 5.35. The van der Waals surface area contributed by atoms with Crippen molar-refractivity contribution in [3.8, 4) is 0 Å². The number of morpholine rings is 1. The summed E-state index contributed by atoms with van der Waals surface area (Å²) in [6.07, 6.45) is 0. The summed E-state index contributed by atoms with van der Waals surface area (Å²) in [5, 5.41) is 0. The molecular formula is C14H21FN2O3S. The molecule has 0 spiro atoms. The summed E-state index contributed by atoms with van der Waals surface area (Å²) in [4.78, 5) is 2.10. The molecule has 0 radical (unpaired) electrons. The van der Waals surface area contributed by atoms with Crippen LogP contribution in [0.4, 0.5) is 4.39 Å². The molecule has 0 aliphatic carbocycles. The fourth-order valence-corrected chi connectivity index (χ4v) is 3.53. The number of ether oxygens (including phenoxy) is 1. The zero-order chi connectivity index (χ0) is 15.5. The van der Waals surface area contributed by atoms with Crippen molar-refractivity contribution in [3.05, 3.63) is 29.6 Å². The molecule has 1 atom stereocenters. The van der Waals surface area contributed by atoms with Gasteiger partial charge in [0.2, 0.25) is 10.0 Å². The molecule has 0 bridgehead atoms. The van der Waals surface area contributed by atoms with Crippen LogP contribution in [-0.2, 0) is 14.8 Å². The standard InChI is InChI=1S/C14H21FN2O3S/c1-11-3-4-13(9-14(11)15)21(18,19)16-12(2)10-17-5-7-20-8-6-17/h3-4,9,12,16H,5-8,10H2,1-2H3. The predicted octanol–water partition coefficient (Wildman–Crippen LogP) is 1.13. The molecule has 0 amide bonds. The van der Waals surface area contributed by atoms with Crippen molar-refractivity contribution in [1.82, 2.24) is 9.62 Å². The van der Waals surface area contributed by atoms with Crippen LogP contribution in [0.3, 0.4) is 0 Å². The molecule has 1 saturated heterocycles.